The van der Waals surface area contributed by atoms with Gasteiger partial charge < -0.3 is 4.57 Å². The van der Waals surface area contributed by atoms with Crippen molar-refractivity contribution in [3.8, 4) is 0 Å². The Hall–Kier alpha value is -1.24. The highest BCUT2D eigenvalue weighted by molar-refractivity contribution is 5.80. The smallest absolute Gasteiger partial charge is 0.0479 e. The van der Waals surface area contributed by atoms with Crippen molar-refractivity contribution in [3.63, 3.8) is 0 Å². The van der Waals surface area contributed by atoms with Crippen LogP contribution in [0.2, 0.25) is 0 Å². The molecule has 0 aliphatic carbocycles. The van der Waals surface area contributed by atoms with E-state index in [0.29, 0.717) is 0 Å². The Labute approximate surface area is 92.7 Å². The molecule has 0 saturated heterocycles. The van der Waals surface area contributed by atoms with Crippen molar-refractivity contribution in [2.24, 2.45) is 7.05 Å². The number of nitrogens with zero attached hydrogens (tertiary/aromatic N) is 1. The number of fused-ring (bicyclic) bond motifs is 1. The van der Waals surface area contributed by atoms with Gasteiger partial charge in [-0.15, -0.1) is 0 Å². The molecule has 0 radical (unpaired) electrons. The fraction of sp³-hybridized carbons (Fsp3) is 0.429. The SMILES string of the molecule is CCCC.Cc1cc2ccccc2n1C. The molecule has 1 nitrogen and oxygen atoms in total. The maximum absolute atomic E-state index is 2.20. The van der Waals surface area contributed by atoms with Gasteiger partial charge >= 0.3 is 0 Å². The lowest BCUT2D eigenvalue weighted by molar-refractivity contribution is 0.886. The fourth-order valence-electron chi connectivity index (χ4n) is 1.43. The molecule has 0 unspecified atom stereocenters. The number of rotatable bonds is 1. The average molecular weight is 203 g/mol. The Kier molecular flexibility index (Phi) is 4.41. The van der Waals surface area contributed by atoms with Crippen molar-refractivity contribution in [2.75, 3.05) is 0 Å². The third-order valence-electron chi connectivity index (χ3n) is 2.69. The molecule has 2 aromatic rings. The second-order valence-electron chi connectivity index (χ2n) is 3.90. The van der Waals surface area contributed by atoms with Gasteiger partial charge in [0.25, 0.3) is 0 Å². The van der Waals surface area contributed by atoms with E-state index in [-0.39, 0.29) is 0 Å². The molecule has 82 valence electrons. The molecular weight excluding hydrogens is 182 g/mol. The highest BCUT2D eigenvalue weighted by Gasteiger charge is 1.98. The van der Waals surface area contributed by atoms with Crippen LogP contribution in [0.3, 0.4) is 0 Å². The highest BCUT2D eigenvalue weighted by Crippen LogP contribution is 2.16. The predicted molar refractivity (Wildman–Crippen MR) is 68.2 cm³/mol. The Morgan fingerprint density at radius 2 is 1.67 bits per heavy atom. The quantitative estimate of drug-likeness (QED) is 0.651. The molecule has 0 atom stereocenters. The Morgan fingerprint density at radius 3 is 2.20 bits per heavy atom. The summed E-state index contributed by atoms with van der Waals surface area (Å²) >= 11 is 0. The van der Waals surface area contributed by atoms with Crippen LogP contribution in [0, 0.1) is 6.92 Å². The number of benzene rings is 1. The molecule has 0 amide bonds. The van der Waals surface area contributed by atoms with Crippen molar-refractivity contribution in [3.05, 3.63) is 36.0 Å². The van der Waals surface area contributed by atoms with E-state index in [1.54, 1.807) is 0 Å². The summed E-state index contributed by atoms with van der Waals surface area (Å²) in [4.78, 5) is 0. The summed E-state index contributed by atoms with van der Waals surface area (Å²) in [6.45, 7) is 6.49. The topological polar surface area (TPSA) is 4.93 Å². The van der Waals surface area contributed by atoms with Crippen LogP contribution in [0.4, 0.5) is 0 Å². The van der Waals surface area contributed by atoms with E-state index < -0.39 is 0 Å². The molecule has 0 aliphatic rings. The fourth-order valence-corrected chi connectivity index (χ4v) is 1.43. The lowest BCUT2D eigenvalue weighted by atomic mass is 10.2. The minimum absolute atomic E-state index is 1.31. The predicted octanol–water partition coefficient (Wildman–Crippen LogP) is 4.29. The molecule has 0 spiro atoms. The van der Waals surface area contributed by atoms with E-state index in [0.717, 1.165) is 0 Å². The number of hydrogen-bond acceptors (Lipinski definition) is 0. The van der Waals surface area contributed by atoms with Crippen molar-refractivity contribution < 1.29 is 0 Å². The van der Waals surface area contributed by atoms with E-state index in [2.05, 4.69) is 62.7 Å². The van der Waals surface area contributed by atoms with E-state index in [1.807, 2.05) is 0 Å². The second kappa shape index (κ2) is 5.59. The summed E-state index contributed by atoms with van der Waals surface area (Å²) in [5.74, 6) is 0. The van der Waals surface area contributed by atoms with E-state index in [1.165, 1.54) is 29.4 Å². The number of unbranched alkanes of at least 4 members (excludes halogenated alkanes) is 1. The number of aryl methyl sites for hydroxylation is 2. The van der Waals surface area contributed by atoms with Crippen LogP contribution in [-0.2, 0) is 7.05 Å². The second-order valence-corrected chi connectivity index (χ2v) is 3.90. The van der Waals surface area contributed by atoms with Gasteiger partial charge in [-0.2, -0.15) is 0 Å². The van der Waals surface area contributed by atoms with Gasteiger partial charge in [0.2, 0.25) is 0 Å². The molecule has 0 N–H and O–H groups in total. The number of para-hydroxylation sites is 1. The summed E-state index contributed by atoms with van der Waals surface area (Å²) in [6, 6.07) is 10.6. The van der Waals surface area contributed by atoms with Gasteiger partial charge in [0.1, 0.15) is 0 Å². The lowest BCUT2D eigenvalue weighted by Gasteiger charge is -1.96. The van der Waals surface area contributed by atoms with Gasteiger partial charge in [-0.05, 0) is 24.4 Å². The van der Waals surface area contributed by atoms with Crippen LogP contribution < -0.4 is 0 Å². The zero-order chi connectivity index (χ0) is 11.3. The van der Waals surface area contributed by atoms with Crippen molar-refractivity contribution in [2.45, 2.75) is 33.6 Å². The molecule has 1 aromatic heterocycles. The zero-order valence-corrected chi connectivity index (χ0v) is 10.2. The van der Waals surface area contributed by atoms with E-state index >= 15 is 0 Å². The third-order valence-corrected chi connectivity index (χ3v) is 2.69. The monoisotopic (exact) mass is 203 g/mol. The lowest BCUT2D eigenvalue weighted by Crippen LogP contribution is -1.88. The summed E-state index contributed by atoms with van der Waals surface area (Å²) in [7, 11) is 2.09. The van der Waals surface area contributed by atoms with Gasteiger partial charge in [0.05, 0.1) is 0 Å². The normalized spacial score (nSPS) is 9.87. The molecule has 1 heteroatoms. The third kappa shape index (κ3) is 2.85. The standard InChI is InChI=1S/C10H11N.C4H10/c1-8-7-9-5-3-4-6-10(9)11(8)2;1-3-4-2/h3-7H,1-2H3;3-4H2,1-2H3. The first-order valence-corrected chi connectivity index (χ1v) is 5.71. The highest BCUT2D eigenvalue weighted by atomic mass is 14.9. The Morgan fingerprint density at radius 1 is 1.07 bits per heavy atom. The van der Waals surface area contributed by atoms with Crippen LogP contribution >= 0.6 is 0 Å². The van der Waals surface area contributed by atoms with E-state index in [9.17, 15) is 0 Å². The van der Waals surface area contributed by atoms with Gasteiger partial charge in [-0.1, -0.05) is 44.9 Å². The first-order valence-electron chi connectivity index (χ1n) is 5.71. The average Bonchev–Trinajstić information content (AvgIpc) is 2.56. The zero-order valence-electron chi connectivity index (χ0n) is 10.2. The molecule has 0 aliphatic heterocycles. The minimum Gasteiger partial charge on any atom is -0.348 e. The van der Waals surface area contributed by atoms with Crippen molar-refractivity contribution >= 4 is 10.9 Å². The summed E-state index contributed by atoms with van der Waals surface area (Å²) in [5, 5.41) is 1.33. The molecule has 0 fully saturated rings. The summed E-state index contributed by atoms with van der Waals surface area (Å²) < 4.78 is 2.20. The van der Waals surface area contributed by atoms with Crippen molar-refractivity contribution in [1.82, 2.24) is 4.57 Å². The van der Waals surface area contributed by atoms with Crippen LogP contribution in [0.5, 0.6) is 0 Å². The first-order chi connectivity index (χ1) is 7.20. The largest absolute Gasteiger partial charge is 0.348 e. The van der Waals surface area contributed by atoms with Crippen LogP contribution in [-0.4, -0.2) is 4.57 Å². The molecule has 1 aromatic carbocycles. The van der Waals surface area contributed by atoms with Gasteiger partial charge in [-0.3, -0.25) is 0 Å². The Bertz CT molecular complexity index is 410. The number of hydrogen-bond donors (Lipinski definition) is 0. The van der Waals surface area contributed by atoms with Gasteiger partial charge in [0, 0.05) is 18.3 Å². The first kappa shape index (κ1) is 11.8. The van der Waals surface area contributed by atoms with Gasteiger partial charge in [0.15, 0.2) is 0 Å². The van der Waals surface area contributed by atoms with E-state index in [4.69, 9.17) is 0 Å². The molecule has 2 rings (SSSR count). The van der Waals surface area contributed by atoms with Crippen LogP contribution in [0.1, 0.15) is 32.4 Å². The minimum atomic E-state index is 1.31. The maximum Gasteiger partial charge on any atom is 0.0479 e. The van der Waals surface area contributed by atoms with Crippen molar-refractivity contribution in [1.29, 1.82) is 0 Å². The molecule has 1 heterocycles. The number of aromatic nitrogens is 1. The van der Waals surface area contributed by atoms with Crippen LogP contribution in [0.15, 0.2) is 30.3 Å². The summed E-state index contributed by atoms with van der Waals surface area (Å²) in [6.07, 6.45) is 2.64. The van der Waals surface area contributed by atoms with Gasteiger partial charge in [-0.25, -0.2) is 0 Å². The molecular formula is C14H21N. The van der Waals surface area contributed by atoms with Crippen LogP contribution in [0.25, 0.3) is 10.9 Å². The molecule has 0 saturated carbocycles. The Balaban J connectivity index is 0.000000245. The maximum atomic E-state index is 2.20. The molecule has 15 heavy (non-hydrogen) atoms. The summed E-state index contributed by atoms with van der Waals surface area (Å²) in [5.41, 5.74) is 2.62. The molecule has 0 bridgehead atoms.